The van der Waals surface area contributed by atoms with Gasteiger partial charge in [0.1, 0.15) is 12.3 Å². The van der Waals surface area contributed by atoms with E-state index in [1.165, 1.54) is 28.1 Å². The molecule has 2 aliphatic heterocycles. The Balaban J connectivity index is 1.38. The molecule has 0 bridgehead atoms. The van der Waals surface area contributed by atoms with Crippen LogP contribution in [0.5, 0.6) is 11.6 Å². The lowest BCUT2D eigenvalue weighted by Gasteiger charge is -2.18. The van der Waals surface area contributed by atoms with Gasteiger partial charge in [0.25, 0.3) is 11.8 Å². The van der Waals surface area contributed by atoms with Crippen molar-refractivity contribution in [3.63, 3.8) is 0 Å². The average molecular weight is 493 g/mol. The molecule has 2 amide bonds. The van der Waals surface area contributed by atoms with Crippen LogP contribution in [0, 0.1) is 0 Å². The van der Waals surface area contributed by atoms with E-state index in [0.717, 1.165) is 5.56 Å². The van der Waals surface area contributed by atoms with E-state index >= 15 is 0 Å². The number of nitrogens with zero attached hydrogens (tertiary/aromatic N) is 3. The number of alkyl halides is 3. The van der Waals surface area contributed by atoms with Gasteiger partial charge < -0.3 is 24.0 Å². The predicted molar refractivity (Wildman–Crippen MR) is 115 cm³/mol. The molecule has 4 rings (SSSR count). The number of halogens is 3. The van der Waals surface area contributed by atoms with Crippen LogP contribution in [0.3, 0.4) is 0 Å². The Kier molecular flexibility index (Phi) is 6.81. The fourth-order valence-electron chi connectivity index (χ4n) is 3.87. The van der Waals surface area contributed by atoms with Gasteiger partial charge in [0, 0.05) is 36.8 Å². The summed E-state index contributed by atoms with van der Waals surface area (Å²) in [5.74, 6) is -1.13. The summed E-state index contributed by atoms with van der Waals surface area (Å²) >= 11 is 0. The lowest BCUT2D eigenvalue weighted by molar-refractivity contribution is -0.154. The second-order valence-corrected chi connectivity index (χ2v) is 7.93. The zero-order valence-corrected chi connectivity index (χ0v) is 18.7. The number of ether oxygens (including phenoxy) is 3. The Labute approximate surface area is 198 Å². The number of hydrogen-bond donors (Lipinski definition) is 0. The first-order valence-corrected chi connectivity index (χ1v) is 10.9. The summed E-state index contributed by atoms with van der Waals surface area (Å²) in [6.45, 7) is 0.938. The fraction of sp³-hybridized carbons (Fsp3) is 0.391. The van der Waals surface area contributed by atoms with Crippen molar-refractivity contribution in [2.45, 2.75) is 32.2 Å². The van der Waals surface area contributed by atoms with Crippen LogP contribution in [-0.2, 0) is 20.9 Å². The van der Waals surface area contributed by atoms with Crippen molar-refractivity contribution in [3.8, 4) is 11.6 Å². The van der Waals surface area contributed by atoms with Gasteiger partial charge in [-0.1, -0.05) is 6.07 Å². The van der Waals surface area contributed by atoms with Crippen LogP contribution < -0.4 is 14.4 Å². The number of rotatable bonds is 8. The van der Waals surface area contributed by atoms with E-state index in [1.807, 2.05) is 0 Å². The Morgan fingerprint density at radius 2 is 2.00 bits per heavy atom. The molecule has 2 aromatic rings. The van der Waals surface area contributed by atoms with E-state index in [1.54, 1.807) is 25.1 Å². The minimum absolute atomic E-state index is 0.149. The van der Waals surface area contributed by atoms with Crippen LogP contribution in [0.15, 0.2) is 36.5 Å². The highest BCUT2D eigenvalue weighted by Gasteiger charge is 2.36. The van der Waals surface area contributed by atoms with E-state index < -0.39 is 24.9 Å². The average Bonchev–Trinajstić information content (AvgIpc) is 3.32. The molecule has 12 heteroatoms. The normalized spacial score (nSPS) is 17.5. The maximum atomic E-state index is 12.9. The molecule has 0 aliphatic carbocycles. The van der Waals surface area contributed by atoms with Crippen molar-refractivity contribution in [3.05, 3.63) is 47.7 Å². The van der Waals surface area contributed by atoms with Gasteiger partial charge in [-0.15, -0.1) is 0 Å². The summed E-state index contributed by atoms with van der Waals surface area (Å²) in [4.78, 5) is 44.1. The molecule has 2 aliphatic rings. The molecule has 35 heavy (non-hydrogen) atoms. The van der Waals surface area contributed by atoms with Gasteiger partial charge in [-0.25, -0.2) is 4.98 Å². The summed E-state index contributed by atoms with van der Waals surface area (Å²) in [7, 11) is 0. The van der Waals surface area contributed by atoms with Crippen molar-refractivity contribution in [1.82, 2.24) is 9.88 Å². The van der Waals surface area contributed by atoms with E-state index in [0.29, 0.717) is 24.2 Å². The van der Waals surface area contributed by atoms with Gasteiger partial charge in [-0.05, 0) is 30.7 Å². The Morgan fingerprint density at radius 3 is 2.69 bits per heavy atom. The number of pyridine rings is 1. The number of fused-ring (bicyclic) bond motifs is 1. The summed E-state index contributed by atoms with van der Waals surface area (Å²) in [5.41, 5.74) is 1.70. The van der Waals surface area contributed by atoms with Crippen LogP contribution in [0.25, 0.3) is 0 Å². The Hall–Kier alpha value is -3.83. The minimum Gasteiger partial charge on any atom is -0.479 e. The molecule has 9 nitrogen and oxygen atoms in total. The van der Waals surface area contributed by atoms with Crippen molar-refractivity contribution >= 4 is 23.5 Å². The Morgan fingerprint density at radius 1 is 1.20 bits per heavy atom. The molecule has 1 saturated heterocycles. The first-order chi connectivity index (χ1) is 16.6. The topological polar surface area (TPSA) is 98.3 Å². The van der Waals surface area contributed by atoms with Crippen molar-refractivity contribution in [2.24, 2.45) is 0 Å². The van der Waals surface area contributed by atoms with Crippen molar-refractivity contribution in [1.29, 1.82) is 0 Å². The quantitative estimate of drug-likeness (QED) is 0.522. The van der Waals surface area contributed by atoms with E-state index in [9.17, 15) is 27.6 Å². The van der Waals surface area contributed by atoms with Gasteiger partial charge in [0.15, 0.2) is 12.7 Å². The number of aromatic nitrogens is 1. The Bertz CT molecular complexity index is 1120. The molecule has 0 N–H and O–H groups in total. The van der Waals surface area contributed by atoms with Crippen LogP contribution in [0.2, 0.25) is 0 Å². The molecule has 0 radical (unpaired) electrons. The number of carbonyl (C=O) groups is 3. The highest BCUT2D eigenvalue weighted by molar-refractivity contribution is 6.03. The van der Waals surface area contributed by atoms with Crippen LogP contribution in [0.4, 0.5) is 18.9 Å². The van der Waals surface area contributed by atoms with Gasteiger partial charge in [-0.2, -0.15) is 13.2 Å². The zero-order valence-electron chi connectivity index (χ0n) is 18.7. The largest absolute Gasteiger partial charge is 0.479 e. The summed E-state index contributed by atoms with van der Waals surface area (Å²) < 4.78 is 51.9. The molecular formula is C23H22F3N3O6. The summed E-state index contributed by atoms with van der Waals surface area (Å²) in [6.07, 6.45) is -3.74. The van der Waals surface area contributed by atoms with Crippen molar-refractivity contribution < 1.29 is 41.8 Å². The third kappa shape index (κ3) is 5.64. The fourth-order valence-corrected chi connectivity index (χ4v) is 3.87. The van der Waals surface area contributed by atoms with Crippen molar-refractivity contribution in [2.75, 3.05) is 31.2 Å². The lowest BCUT2D eigenvalue weighted by atomic mass is 10.1. The third-order valence-corrected chi connectivity index (χ3v) is 5.44. The van der Waals surface area contributed by atoms with Crippen LogP contribution in [-0.4, -0.2) is 66.3 Å². The number of anilines is 1. The maximum Gasteiger partial charge on any atom is 0.422 e. The molecule has 0 saturated carbocycles. The standard InChI is InChI=1S/C23H22F3N3O6/c1-2-33-20(30)12-28-11-14-3-4-15(9-17(14)21(28)31)29-8-7-18(22(29)32)35-16-5-6-19(27-10-16)34-13-23(24,25)26/h3-6,9-10,18H,2,7-8,11-13H2,1H3/t18-/m1/s1. The zero-order chi connectivity index (χ0) is 25.2. The lowest BCUT2D eigenvalue weighted by Crippen LogP contribution is -2.32. The maximum absolute atomic E-state index is 12.9. The summed E-state index contributed by atoms with van der Waals surface area (Å²) in [5, 5.41) is 0. The molecule has 0 spiro atoms. The second kappa shape index (κ2) is 9.80. The van der Waals surface area contributed by atoms with Crippen LogP contribution in [0.1, 0.15) is 29.3 Å². The van der Waals surface area contributed by atoms with Crippen LogP contribution >= 0.6 is 0 Å². The van der Waals surface area contributed by atoms with E-state index in [4.69, 9.17) is 9.47 Å². The third-order valence-electron chi connectivity index (χ3n) is 5.44. The molecule has 3 heterocycles. The molecule has 186 valence electrons. The second-order valence-electron chi connectivity index (χ2n) is 7.93. The first-order valence-electron chi connectivity index (χ1n) is 10.9. The van der Waals surface area contributed by atoms with Gasteiger partial charge in [-0.3, -0.25) is 14.4 Å². The molecule has 1 aromatic heterocycles. The van der Waals surface area contributed by atoms with Gasteiger partial charge in [0.05, 0.1) is 12.8 Å². The van der Waals surface area contributed by atoms with Gasteiger partial charge in [0.2, 0.25) is 5.88 Å². The van der Waals surface area contributed by atoms with Gasteiger partial charge >= 0.3 is 12.1 Å². The molecule has 1 atom stereocenters. The number of hydrogen-bond acceptors (Lipinski definition) is 7. The molecule has 0 unspecified atom stereocenters. The number of benzene rings is 1. The predicted octanol–water partition coefficient (Wildman–Crippen LogP) is 2.73. The first kappa shape index (κ1) is 24.3. The smallest absolute Gasteiger partial charge is 0.422 e. The number of amides is 2. The van der Waals surface area contributed by atoms with E-state index in [2.05, 4.69) is 9.72 Å². The SMILES string of the molecule is CCOC(=O)CN1Cc2ccc(N3CC[C@@H](Oc4ccc(OCC(F)(F)F)nc4)C3=O)cc2C1=O. The highest BCUT2D eigenvalue weighted by atomic mass is 19.4. The van der Waals surface area contributed by atoms with E-state index in [-0.39, 0.29) is 43.1 Å². The molecule has 1 aromatic carbocycles. The monoisotopic (exact) mass is 493 g/mol. The minimum atomic E-state index is -4.47. The summed E-state index contributed by atoms with van der Waals surface area (Å²) in [6, 6.07) is 7.71. The highest BCUT2D eigenvalue weighted by Crippen LogP contribution is 2.31. The molecule has 1 fully saturated rings. The molecular weight excluding hydrogens is 471 g/mol. The number of esters is 1. The number of carbonyl (C=O) groups excluding carboxylic acids is 3.